The maximum atomic E-state index is 5.73. The van der Waals surface area contributed by atoms with Crippen LogP contribution >= 0.6 is 0 Å². The van der Waals surface area contributed by atoms with E-state index in [2.05, 4.69) is 9.97 Å². The van der Waals surface area contributed by atoms with Gasteiger partial charge in [-0.05, 0) is 26.2 Å². The normalized spacial score (nSPS) is 19.9. The van der Waals surface area contributed by atoms with E-state index in [-0.39, 0.29) is 6.04 Å². The van der Waals surface area contributed by atoms with E-state index in [1.165, 1.54) is 5.69 Å². The fourth-order valence-corrected chi connectivity index (χ4v) is 2.09. The predicted octanol–water partition coefficient (Wildman–Crippen LogP) is 1.58. The monoisotopic (exact) mass is 223 g/mol. The van der Waals surface area contributed by atoms with Crippen LogP contribution < -0.4 is 5.73 Å². The fourth-order valence-electron chi connectivity index (χ4n) is 2.09. The molecule has 0 bridgehead atoms. The number of nitrogens with one attached hydrogen (secondary N) is 1. The molecule has 0 amide bonds. The molecule has 90 valence electrons. The molecule has 3 N–H and O–H groups in total. The number of aromatic amines is 1. The summed E-state index contributed by atoms with van der Waals surface area (Å²) in [5.41, 5.74) is 7.00. The Balaban J connectivity index is 1.90. The topological polar surface area (TPSA) is 63.9 Å². The summed E-state index contributed by atoms with van der Waals surface area (Å²) >= 11 is 0. The summed E-state index contributed by atoms with van der Waals surface area (Å²) in [6, 6.07) is 0.247. The second kappa shape index (κ2) is 5.46. The van der Waals surface area contributed by atoms with Gasteiger partial charge in [-0.15, -0.1) is 0 Å². The van der Waals surface area contributed by atoms with Gasteiger partial charge in [-0.25, -0.2) is 4.98 Å². The molecule has 0 saturated carbocycles. The second-order valence-electron chi connectivity index (χ2n) is 4.69. The van der Waals surface area contributed by atoms with E-state index in [9.17, 15) is 0 Å². The molecule has 1 unspecified atom stereocenters. The standard InChI is InChI=1S/C12H21N3O/c1-9(13)2-3-12-14-8-11(15-12)10-4-6-16-7-5-10/h8-10H,2-7,13H2,1H3,(H,14,15). The zero-order valence-corrected chi connectivity index (χ0v) is 9.91. The largest absolute Gasteiger partial charge is 0.381 e. The maximum Gasteiger partial charge on any atom is 0.106 e. The van der Waals surface area contributed by atoms with E-state index in [1.807, 2.05) is 13.1 Å². The number of nitrogens with two attached hydrogens (primary N) is 1. The van der Waals surface area contributed by atoms with E-state index < -0.39 is 0 Å². The molecular weight excluding hydrogens is 202 g/mol. The van der Waals surface area contributed by atoms with Crippen molar-refractivity contribution >= 4 is 0 Å². The Hall–Kier alpha value is -0.870. The zero-order chi connectivity index (χ0) is 11.4. The smallest absolute Gasteiger partial charge is 0.106 e. The van der Waals surface area contributed by atoms with Gasteiger partial charge in [0.15, 0.2) is 0 Å². The lowest BCUT2D eigenvalue weighted by Crippen LogP contribution is -2.16. The molecule has 1 aliphatic rings. The van der Waals surface area contributed by atoms with Gasteiger partial charge >= 0.3 is 0 Å². The van der Waals surface area contributed by atoms with Crippen LogP contribution in [0.4, 0.5) is 0 Å². The van der Waals surface area contributed by atoms with Crippen molar-refractivity contribution in [3.8, 4) is 0 Å². The van der Waals surface area contributed by atoms with Crippen LogP contribution in [0, 0.1) is 0 Å². The van der Waals surface area contributed by atoms with Crippen LogP contribution in [-0.2, 0) is 11.2 Å². The first-order valence-corrected chi connectivity index (χ1v) is 6.13. The van der Waals surface area contributed by atoms with Crippen LogP contribution in [0.2, 0.25) is 0 Å². The summed E-state index contributed by atoms with van der Waals surface area (Å²) in [5.74, 6) is 1.67. The Morgan fingerprint density at radius 3 is 3.00 bits per heavy atom. The quantitative estimate of drug-likeness (QED) is 0.814. The summed E-state index contributed by atoms with van der Waals surface area (Å²) in [7, 11) is 0. The first kappa shape index (κ1) is 11.6. The number of H-pyrrole nitrogens is 1. The predicted molar refractivity (Wildman–Crippen MR) is 63.4 cm³/mol. The SMILES string of the molecule is CC(N)CCc1ncc(C2CCOCC2)[nH]1. The first-order chi connectivity index (χ1) is 7.75. The average Bonchev–Trinajstić information content (AvgIpc) is 2.76. The molecule has 16 heavy (non-hydrogen) atoms. The number of aromatic nitrogens is 2. The third-order valence-corrected chi connectivity index (χ3v) is 3.15. The van der Waals surface area contributed by atoms with E-state index in [1.54, 1.807) is 0 Å². The van der Waals surface area contributed by atoms with E-state index in [4.69, 9.17) is 10.5 Å². The number of hydrogen-bond acceptors (Lipinski definition) is 3. The van der Waals surface area contributed by atoms with Gasteiger partial charge in [0, 0.05) is 43.5 Å². The molecule has 4 nitrogen and oxygen atoms in total. The fraction of sp³-hybridized carbons (Fsp3) is 0.750. The van der Waals surface area contributed by atoms with Crippen molar-refractivity contribution < 1.29 is 4.74 Å². The summed E-state index contributed by atoms with van der Waals surface area (Å²) < 4.78 is 5.36. The maximum absolute atomic E-state index is 5.73. The van der Waals surface area contributed by atoms with Gasteiger partial charge in [-0.2, -0.15) is 0 Å². The van der Waals surface area contributed by atoms with Crippen LogP contribution in [0.15, 0.2) is 6.20 Å². The Kier molecular flexibility index (Phi) is 3.96. The number of nitrogens with zero attached hydrogens (tertiary/aromatic N) is 1. The number of hydrogen-bond donors (Lipinski definition) is 2. The molecule has 2 heterocycles. The van der Waals surface area contributed by atoms with Crippen LogP contribution in [0.3, 0.4) is 0 Å². The highest BCUT2D eigenvalue weighted by Crippen LogP contribution is 2.25. The minimum atomic E-state index is 0.247. The number of ether oxygens (including phenoxy) is 1. The molecule has 1 aromatic heterocycles. The molecule has 2 rings (SSSR count). The third kappa shape index (κ3) is 3.06. The van der Waals surface area contributed by atoms with Crippen LogP contribution in [0.5, 0.6) is 0 Å². The van der Waals surface area contributed by atoms with Crippen molar-refractivity contribution in [3.05, 3.63) is 17.7 Å². The summed E-state index contributed by atoms with van der Waals surface area (Å²) in [4.78, 5) is 7.83. The third-order valence-electron chi connectivity index (χ3n) is 3.15. The van der Waals surface area contributed by atoms with Crippen molar-refractivity contribution in [2.75, 3.05) is 13.2 Å². The van der Waals surface area contributed by atoms with Gasteiger partial charge in [-0.1, -0.05) is 0 Å². The molecule has 0 aromatic carbocycles. The number of aryl methyl sites for hydroxylation is 1. The minimum absolute atomic E-state index is 0.247. The van der Waals surface area contributed by atoms with Gasteiger partial charge in [0.25, 0.3) is 0 Å². The van der Waals surface area contributed by atoms with Crippen molar-refractivity contribution in [3.63, 3.8) is 0 Å². The Labute approximate surface area is 96.6 Å². The second-order valence-corrected chi connectivity index (χ2v) is 4.69. The molecule has 1 atom stereocenters. The summed E-state index contributed by atoms with van der Waals surface area (Å²) in [6.45, 7) is 3.78. The molecular formula is C12H21N3O. The lowest BCUT2D eigenvalue weighted by atomic mass is 9.97. The van der Waals surface area contributed by atoms with Crippen LogP contribution in [0.25, 0.3) is 0 Å². The lowest BCUT2D eigenvalue weighted by Gasteiger charge is -2.20. The van der Waals surface area contributed by atoms with Gasteiger partial charge in [0.05, 0.1) is 0 Å². The molecule has 1 fully saturated rings. The molecule has 1 saturated heterocycles. The Bertz CT molecular complexity index is 316. The minimum Gasteiger partial charge on any atom is -0.381 e. The van der Waals surface area contributed by atoms with Gasteiger partial charge in [-0.3, -0.25) is 0 Å². The Morgan fingerprint density at radius 2 is 2.31 bits per heavy atom. The number of rotatable bonds is 4. The molecule has 0 aliphatic carbocycles. The van der Waals surface area contributed by atoms with E-state index >= 15 is 0 Å². The van der Waals surface area contributed by atoms with Gasteiger partial charge in [0.2, 0.25) is 0 Å². The molecule has 1 aliphatic heterocycles. The van der Waals surface area contributed by atoms with Crippen LogP contribution in [0.1, 0.15) is 43.6 Å². The average molecular weight is 223 g/mol. The van der Waals surface area contributed by atoms with Crippen LogP contribution in [-0.4, -0.2) is 29.2 Å². The van der Waals surface area contributed by atoms with E-state index in [0.29, 0.717) is 5.92 Å². The highest BCUT2D eigenvalue weighted by molar-refractivity contribution is 5.08. The van der Waals surface area contributed by atoms with Crippen molar-refractivity contribution in [2.24, 2.45) is 5.73 Å². The highest BCUT2D eigenvalue weighted by Gasteiger charge is 2.17. The van der Waals surface area contributed by atoms with Crippen molar-refractivity contribution in [2.45, 2.75) is 44.6 Å². The molecule has 0 radical (unpaired) electrons. The molecule has 0 spiro atoms. The Morgan fingerprint density at radius 1 is 1.56 bits per heavy atom. The zero-order valence-electron chi connectivity index (χ0n) is 9.91. The van der Waals surface area contributed by atoms with Gasteiger partial charge in [0.1, 0.15) is 5.82 Å². The van der Waals surface area contributed by atoms with Crippen molar-refractivity contribution in [1.29, 1.82) is 0 Å². The lowest BCUT2D eigenvalue weighted by molar-refractivity contribution is 0.0845. The summed E-state index contributed by atoms with van der Waals surface area (Å²) in [5, 5.41) is 0. The van der Waals surface area contributed by atoms with E-state index in [0.717, 1.165) is 44.7 Å². The molecule has 4 heteroatoms. The summed E-state index contributed by atoms with van der Waals surface area (Å²) in [6.07, 6.45) is 6.12. The van der Waals surface area contributed by atoms with Gasteiger partial charge < -0.3 is 15.5 Å². The molecule has 1 aromatic rings. The first-order valence-electron chi connectivity index (χ1n) is 6.13. The highest BCUT2D eigenvalue weighted by atomic mass is 16.5. The number of imidazole rings is 1. The van der Waals surface area contributed by atoms with Crippen molar-refractivity contribution in [1.82, 2.24) is 9.97 Å².